The third kappa shape index (κ3) is 3.05. The summed E-state index contributed by atoms with van der Waals surface area (Å²) in [6.45, 7) is 0. The van der Waals surface area contributed by atoms with Crippen molar-refractivity contribution >= 4 is 34.8 Å². The highest BCUT2D eigenvalue weighted by atomic mass is 35.5. The fourth-order valence-electron chi connectivity index (χ4n) is 1.29. The first kappa shape index (κ1) is 13.4. The first-order valence-electron chi connectivity index (χ1n) is 4.93. The lowest BCUT2D eigenvalue weighted by molar-refractivity contribution is 0.461. The van der Waals surface area contributed by atoms with Crippen LogP contribution in [0.5, 0.6) is 11.6 Å². The number of pyridine rings is 1. The van der Waals surface area contributed by atoms with Gasteiger partial charge in [-0.2, -0.15) is 0 Å². The second-order valence-corrected chi connectivity index (χ2v) is 4.51. The minimum Gasteiger partial charge on any atom is -0.437 e. The normalized spacial score (nSPS) is 10.4. The Balaban J connectivity index is 2.28. The standard InChI is InChI=1S/C12H7Cl3FNO/c13-5-7-3-12(17-6-10(7)15)18-11-2-1-8(16)4-9(11)14/h1-4,6H,5H2. The summed E-state index contributed by atoms with van der Waals surface area (Å²) in [5.74, 6) is 0.421. The molecule has 0 saturated heterocycles. The molecule has 2 aromatic rings. The van der Waals surface area contributed by atoms with Gasteiger partial charge in [0.1, 0.15) is 11.6 Å². The van der Waals surface area contributed by atoms with Crippen molar-refractivity contribution in [1.29, 1.82) is 0 Å². The number of benzene rings is 1. The molecule has 0 saturated carbocycles. The second kappa shape index (κ2) is 5.74. The summed E-state index contributed by atoms with van der Waals surface area (Å²) in [6, 6.07) is 5.44. The number of hydrogen-bond donors (Lipinski definition) is 0. The van der Waals surface area contributed by atoms with E-state index in [9.17, 15) is 4.39 Å². The van der Waals surface area contributed by atoms with E-state index >= 15 is 0 Å². The van der Waals surface area contributed by atoms with Crippen molar-refractivity contribution in [2.45, 2.75) is 5.88 Å². The van der Waals surface area contributed by atoms with Gasteiger partial charge in [0, 0.05) is 18.1 Å². The molecule has 0 bridgehead atoms. The molecule has 6 heteroatoms. The zero-order chi connectivity index (χ0) is 13.1. The van der Waals surface area contributed by atoms with Crippen LogP contribution in [0.2, 0.25) is 10.0 Å². The zero-order valence-corrected chi connectivity index (χ0v) is 11.2. The van der Waals surface area contributed by atoms with E-state index in [2.05, 4.69) is 4.98 Å². The molecule has 0 aliphatic heterocycles. The van der Waals surface area contributed by atoms with Crippen molar-refractivity contribution in [2.24, 2.45) is 0 Å². The predicted molar refractivity (Wildman–Crippen MR) is 70.3 cm³/mol. The van der Waals surface area contributed by atoms with Gasteiger partial charge >= 0.3 is 0 Å². The molecule has 0 radical (unpaired) electrons. The van der Waals surface area contributed by atoms with Gasteiger partial charge in [-0.3, -0.25) is 0 Å². The van der Waals surface area contributed by atoms with Gasteiger partial charge in [-0.15, -0.1) is 11.6 Å². The summed E-state index contributed by atoms with van der Waals surface area (Å²) in [5, 5.41) is 0.627. The highest BCUT2D eigenvalue weighted by Gasteiger charge is 2.08. The number of nitrogens with zero attached hydrogens (tertiary/aromatic N) is 1. The molecule has 0 N–H and O–H groups in total. The van der Waals surface area contributed by atoms with Crippen molar-refractivity contribution in [2.75, 3.05) is 0 Å². The van der Waals surface area contributed by atoms with Crippen LogP contribution in [0.15, 0.2) is 30.5 Å². The van der Waals surface area contributed by atoms with Crippen LogP contribution in [-0.2, 0) is 5.88 Å². The molecule has 1 aromatic carbocycles. The Labute approximate surface area is 118 Å². The summed E-state index contributed by atoms with van der Waals surface area (Å²) < 4.78 is 18.3. The lowest BCUT2D eigenvalue weighted by Gasteiger charge is -2.08. The molecule has 0 amide bonds. The first-order valence-corrected chi connectivity index (χ1v) is 6.22. The lowest BCUT2D eigenvalue weighted by Crippen LogP contribution is -1.91. The molecule has 94 valence electrons. The van der Waals surface area contributed by atoms with Crippen molar-refractivity contribution < 1.29 is 9.13 Å². The molecular weight excluding hydrogens is 299 g/mol. The lowest BCUT2D eigenvalue weighted by atomic mass is 10.3. The number of aromatic nitrogens is 1. The smallest absolute Gasteiger partial charge is 0.219 e. The number of halogens is 4. The Bertz CT molecular complexity index is 577. The van der Waals surface area contributed by atoms with Crippen LogP contribution in [0.25, 0.3) is 0 Å². The maximum Gasteiger partial charge on any atom is 0.219 e. The minimum atomic E-state index is -0.433. The van der Waals surface area contributed by atoms with E-state index in [1.807, 2.05) is 0 Å². The van der Waals surface area contributed by atoms with Crippen molar-refractivity contribution in [3.63, 3.8) is 0 Å². The Morgan fingerprint density at radius 3 is 2.61 bits per heavy atom. The van der Waals surface area contributed by atoms with Gasteiger partial charge in [-0.1, -0.05) is 23.2 Å². The number of rotatable bonds is 3. The fraction of sp³-hybridized carbons (Fsp3) is 0.0833. The summed E-state index contributed by atoms with van der Waals surface area (Å²) in [6.07, 6.45) is 1.44. The zero-order valence-electron chi connectivity index (χ0n) is 8.96. The predicted octanol–water partition coefficient (Wildman–Crippen LogP) is 5.06. The van der Waals surface area contributed by atoms with Gasteiger partial charge < -0.3 is 4.74 Å². The molecule has 1 heterocycles. The topological polar surface area (TPSA) is 22.1 Å². The monoisotopic (exact) mass is 305 g/mol. The summed E-state index contributed by atoms with van der Waals surface area (Å²) in [4.78, 5) is 3.98. The molecular formula is C12H7Cl3FNO. The SMILES string of the molecule is Fc1ccc(Oc2cc(CCl)c(Cl)cn2)c(Cl)c1. The third-order valence-electron chi connectivity index (χ3n) is 2.16. The van der Waals surface area contributed by atoms with Gasteiger partial charge in [0.05, 0.1) is 10.0 Å². The molecule has 0 fully saturated rings. The summed E-state index contributed by atoms with van der Waals surface area (Å²) in [7, 11) is 0. The van der Waals surface area contributed by atoms with Gasteiger partial charge in [-0.25, -0.2) is 9.37 Å². The quantitative estimate of drug-likeness (QED) is 0.740. The Morgan fingerprint density at radius 2 is 1.94 bits per heavy atom. The highest BCUT2D eigenvalue weighted by Crippen LogP contribution is 2.30. The van der Waals surface area contributed by atoms with E-state index in [-0.39, 0.29) is 10.9 Å². The molecule has 2 nitrogen and oxygen atoms in total. The fourth-order valence-corrected chi connectivity index (χ4v) is 1.95. The number of hydrogen-bond acceptors (Lipinski definition) is 2. The van der Waals surface area contributed by atoms with Crippen LogP contribution in [0.4, 0.5) is 4.39 Å². The second-order valence-electron chi connectivity index (χ2n) is 3.42. The number of ether oxygens (including phenoxy) is 1. The van der Waals surface area contributed by atoms with Crippen LogP contribution >= 0.6 is 34.8 Å². The van der Waals surface area contributed by atoms with Crippen LogP contribution in [0.3, 0.4) is 0 Å². The number of alkyl halides is 1. The molecule has 18 heavy (non-hydrogen) atoms. The Hall–Kier alpha value is -1.03. The first-order chi connectivity index (χ1) is 8.60. The van der Waals surface area contributed by atoms with E-state index in [0.717, 1.165) is 6.07 Å². The van der Waals surface area contributed by atoms with Gasteiger partial charge in [0.25, 0.3) is 0 Å². The Morgan fingerprint density at radius 1 is 1.17 bits per heavy atom. The van der Waals surface area contributed by atoms with Crippen molar-refractivity contribution in [3.05, 3.63) is 51.9 Å². The molecule has 0 spiro atoms. The summed E-state index contributed by atoms with van der Waals surface area (Å²) in [5.41, 5.74) is 0.696. The summed E-state index contributed by atoms with van der Waals surface area (Å²) >= 11 is 17.4. The maximum atomic E-state index is 12.9. The molecule has 0 unspecified atom stereocenters. The van der Waals surface area contributed by atoms with E-state index in [0.29, 0.717) is 22.2 Å². The largest absolute Gasteiger partial charge is 0.437 e. The highest BCUT2D eigenvalue weighted by molar-refractivity contribution is 6.32. The van der Waals surface area contributed by atoms with Gasteiger partial charge in [-0.05, 0) is 23.8 Å². The van der Waals surface area contributed by atoms with E-state index in [1.165, 1.54) is 18.3 Å². The molecule has 0 aliphatic carbocycles. The van der Waals surface area contributed by atoms with Crippen LogP contribution in [0, 0.1) is 5.82 Å². The molecule has 0 atom stereocenters. The van der Waals surface area contributed by atoms with E-state index in [1.54, 1.807) is 6.07 Å². The van der Waals surface area contributed by atoms with E-state index < -0.39 is 5.82 Å². The van der Waals surface area contributed by atoms with Crippen molar-refractivity contribution in [3.8, 4) is 11.6 Å². The minimum absolute atomic E-state index is 0.166. The molecule has 0 aliphatic rings. The van der Waals surface area contributed by atoms with Crippen molar-refractivity contribution in [1.82, 2.24) is 4.98 Å². The van der Waals surface area contributed by atoms with Crippen LogP contribution in [0.1, 0.15) is 5.56 Å². The third-order valence-corrected chi connectivity index (χ3v) is 3.09. The average Bonchev–Trinajstić information content (AvgIpc) is 2.35. The Kier molecular flexibility index (Phi) is 4.27. The molecule has 1 aromatic heterocycles. The average molecular weight is 307 g/mol. The van der Waals surface area contributed by atoms with Gasteiger partial charge in [0.15, 0.2) is 0 Å². The molecule has 2 rings (SSSR count). The van der Waals surface area contributed by atoms with E-state index in [4.69, 9.17) is 39.5 Å². The van der Waals surface area contributed by atoms with Crippen LogP contribution < -0.4 is 4.74 Å². The van der Waals surface area contributed by atoms with Gasteiger partial charge in [0.2, 0.25) is 5.88 Å². The maximum absolute atomic E-state index is 12.9. The van der Waals surface area contributed by atoms with Crippen LogP contribution in [-0.4, -0.2) is 4.98 Å².